The third kappa shape index (κ3) is 2.65. The van der Waals surface area contributed by atoms with Crippen molar-refractivity contribution >= 4 is 15.9 Å². The molecule has 2 rings (SSSR count). The molecular formula is C13H18BrNO. The molecule has 1 aliphatic heterocycles. The molecule has 3 heteroatoms. The first-order valence-electron chi connectivity index (χ1n) is 5.78. The SMILES string of the molecule is CC(O)(CC1CCNC1)c1ccccc1Br. The van der Waals surface area contributed by atoms with Crippen LogP contribution in [0.3, 0.4) is 0 Å². The van der Waals surface area contributed by atoms with E-state index in [-0.39, 0.29) is 0 Å². The van der Waals surface area contributed by atoms with E-state index in [9.17, 15) is 5.11 Å². The maximum atomic E-state index is 10.6. The van der Waals surface area contributed by atoms with Crippen LogP contribution in [0.4, 0.5) is 0 Å². The lowest BCUT2D eigenvalue weighted by Crippen LogP contribution is -2.26. The van der Waals surface area contributed by atoms with Gasteiger partial charge in [-0.15, -0.1) is 0 Å². The number of rotatable bonds is 3. The highest BCUT2D eigenvalue weighted by atomic mass is 79.9. The molecule has 0 aromatic heterocycles. The van der Waals surface area contributed by atoms with Crippen molar-refractivity contribution < 1.29 is 5.11 Å². The van der Waals surface area contributed by atoms with Crippen LogP contribution in [0, 0.1) is 5.92 Å². The summed E-state index contributed by atoms with van der Waals surface area (Å²) in [5, 5.41) is 13.9. The van der Waals surface area contributed by atoms with Crippen LogP contribution >= 0.6 is 15.9 Å². The highest BCUT2D eigenvalue weighted by Gasteiger charge is 2.30. The fourth-order valence-corrected chi connectivity index (χ4v) is 3.17. The predicted octanol–water partition coefficient (Wildman–Crippen LogP) is 2.66. The van der Waals surface area contributed by atoms with E-state index in [1.807, 2.05) is 31.2 Å². The lowest BCUT2D eigenvalue weighted by atomic mass is 9.86. The average molecular weight is 284 g/mol. The van der Waals surface area contributed by atoms with Crippen molar-refractivity contribution in [2.24, 2.45) is 5.92 Å². The normalized spacial score (nSPS) is 24.3. The number of aliphatic hydroxyl groups is 1. The van der Waals surface area contributed by atoms with E-state index < -0.39 is 5.60 Å². The van der Waals surface area contributed by atoms with Crippen molar-refractivity contribution in [1.29, 1.82) is 0 Å². The van der Waals surface area contributed by atoms with Crippen LogP contribution in [0.5, 0.6) is 0 Å². The molecule has 1 saturated heterocycles. The summed E-state index contributed by atoms with van der Waals surface area (Å²) in [5.74, 6) is 0.585. The molecule has 88 valence electrons. The van der Waals surface area contributed by atoms with E-state index in [0.29, 0.717) is 5.92 Å². The van der Waals surface area contributed by atoms with Crippen LogP contribution in [0.1, 0.15) is 25.3 Å². The zero-order valence-corrected chi connectivity index (χ0v) is 11.1. The van der Waals surface area contributed by atoms with Gasteiger partial charge < -0.3 is 10.4 Å². The number of hydrogen-bond donors (Lipinski definition) is 2. The molecule has 2 N–H and O–H groups in total. The van der Waals surface area contributed by atoms with Crippen molar-refractivity contribution in [2.45, 2.75) is 25.4 Å². The fraction of sp³-hybridized carbons (Fsp3) is 0.538. The van der Waals surface area contributed by atoms with Gasteiger partial charge in [0.15, 0.2) is 0 Å². The van der Waals surface area contributed by atoms with Gasteiger partial charge in [-0.05, 0) is 50.4 Å². The van der Waals surface area contributed by atoms with Crippen LogP contribution in [-0.4, -0.2) is 18.2 Å². The van der Waals surface area contributed by atoms with Gasteiger partial charge in [-0.1, -0.05) is 34.1 Å². The van der Waals surface area contributed by atoms with Gasteiger partial charge in [-0.25, -0.2) is 0 Å². The van der Waals surface area contributed by atoms with Gasteiger partial charge in [0, 0.05) is 4.47 Å². The second kappa shape index (κ2) is 4.86. The number of hydrogen-bond acceptors (Lipinski definition) is 2. The maximum absolute atomic E-state index is 10.6. The van der Waals surface area contributed by atoms with Crippen LogP contribution in [-0.2, 0) is 5.60 Å². The highest BCUT2D eigenvalue weighted by Crippen LogP contribution is 2.34. The molecule has 0 amide bonds. The lowest BCUT2D eigenvalue weighted by molar-refractivity contribution is 0.0319. The summed E-state index contributed by atoms with van der Waals surface area (Å²) in [7, 11) is 0. The van der Waals surface area contributed by atoms with Crippen LogP contribution < -0.4 is 5.32 Å². The molecule has 1 fully saturated rings. The number of benzene rings is 1. The van der Waals surface area contributed by atoms with Crippen molar-refractivity contribution in [1.82, 2.24) is 5.32 Å². The standard InChI is InChI=1S/C13H18BrNO/c1-13(16,8-10-6-7-15-9-10)11-4-2-3-5-12(11)14/h2-5,10,15-16H,6-9H2,1H3. The summed E-state index contributed by atoms with van der Waals surface area (Å²) in [4.78, 5) is 0. The minimum Gasteiger partial charge on any atom is -0.385 e. The van der Waals surface area contributed by atoms with Gasteiger partial charge >= 0.3 is 0 Å². The number of halogens is 1. The Hall–Kier alpha value is -0.380. The molecule has 1 heterocycles. The smallest absolute Gasteiger partial charge is 0.0882 e. The Morgan fingerprint density at radius 2 is 2.25 bits per heavy atom. The topological polar surface area (TPSA) is 32.3 Å². The Bertz CT molecular complexity index is 359. The molecule has 16 heavy (non-hydrogen) atoms. The molecule has 1 aliphatic rings. The van der Waals surface area contributed by atoms with Gasteiger partial charge in [0.2, 0.25) is 0 Å². The molecular weight excluding hydrogens is 266 g/mol. The summed E-state index contributed by atoms with van der Waals surface area (Å²) in [6.45, 7) is 4.02. The van der Waals surface area contributed by atoms with Gasteiger partial charge in [0.1, 0.15) is 0 Å². The summed E-state index contributed by atoms with van der Waals surface area (Å²) < 4.78 is 0.992. The van der Waals surface area contributed by atoms with E-state index in [4.69, 9.17) is 0 Å². The molecule has 1 aromatic carbocycles. The summed E-state index contributed by atoms with van der Waals surface area (Å²) in [6, 6.07) is 7.92. The van der Waals surface area contributed by atoms with Crippen LogP contribution in [0.15, 0.2) is 28.7 Å². The molecule has 2 atom stereocenters. The Balaban J connectivity index is 2.14. The highest BCUT2D eigenvalue weighted by molar-refractivity contribution is 9.10. The van der Waals surface area contributed by atoms with E-state index in [1.165, 1.54) is 6.42 Å². The minimum absolute atomic E-state index is 0.585. The molecule has 0 aliphatic carbocycles. The summed E-state index contributed by atoms with van der Waals surface area (Å²) in [5.41, 5.74) is 0.249. The number of nitrogens with one attached hydrogen (secondary N) is 1. The first kappa shape index (κ1) is 12.1. The molecule has 0 bridgehead atoms. The maximum Gasteiger partial charge on any atom is 0.0882 e. The Kier molecular flexibility index (Phi) is 3.67. The second-order valence-electron chi connectivity index (χ2n) is 4.82. The van der Waals surface area contributed by atoms with Crippen molar-refractivity contribution in [3.8, 4) is 0 Å². The molecule has 0 spiro atoms. The second-order valence-corrected chi connectivity index (χ2v) is 5.67. The average Bonchev–Trinajstić information content (AvgIpc) is 2.70. The fourth-order valence-electron chi connectivity index (χ4n) is 2.46. The Labute approximate surface area is 105 Å². The quantitative estimate of drug-likeness (QED) is 0.894. The van der Waals surface area contributed by atoms with Crippen molar-refractivity contribution in [3.05, 3.63) is 34.3 Å². The third-order valence-corrected chi connectivity index (χ3v) is 3.99. The molecule has 0 saturated carbocycles. The molecule has 1 aromatic rings. The van der Waals surface area contributed by atoms with Gasteiger partial charge in [-0.2, -0.15) is 0 Å². The molecule has 2 nitrogen and oxygen atoms in total. The zero-order chi connectivity index (χ0) is 11.6. The largest absolute Gasteiger partial charge is 0.385 e. The Morgan fingerprint density at radius 1 is 1.50 bits per heavy atom. The van der Waals surface area contributed by atoms with E-state index in [1.54, 1.807) is 0 Å². The summed E-state index contributed by atoms with van der Waals surface area (Å²) >= 11 is 3.51. The van der Waals surface area contributed by atoms with Crippen LogP contribution in [0.2, 0.25) is 0 Å². The van der Waals surface area contributed by atoms with Gasteiger partial charge in [-0.3, -0.25) is 0 Å². The monoisotopic (exact) mass is 283 g/mol. The summed E-state index contributed by atoms with van der Waals surface area (Å²) in [6.07, 6.45) is 1.99. The third-order valence-electron chi connectivity index (χ3n) is 3.30. The van der Waals surface area contributed by atoms with Crippen molar-refractivity contribution in [2.75, 3.05) is 13.1 Å². The predicted molar refractivity (Wildman–Crippen MR) is 69.3 cm³/mol. The zero-order valence-electron chi connectivity index (χ0n) is 9.54. The minimum atomic E-state index is -0.739. The van der Waals surface area contributed by atoms with Gasteiger partial charge in [0.25, 0.3) is 0 Å². The lowest BCUT2D eigenvalue weighted by Gasteiger charge is -2.27. The molecule has 0 radical (unpaired) electrons. The van der Waals surface area contributed by atoms with Crippen LogP contribution in [0.25, 0.3) is 0 Å². The van der Waals surface area contributed by atoms with Crippen molar-refractivity contribution in [3.63, 3.8) is 0 Å². The van der Waals surface area contributed by atoms with E-state index in [2.05, 4.69) is 21.2 Å². The Morgan fingerprint density at radius 3 is 2.88 bits per heavy atom. The van der Waals surface area contributed by atoms with Gasteiger partial charge in [0.05, 0.1) is 5.60 Å². The molecule has 2 unspecified atom stereocenters. The first-order valence-corrected chi connectivity index (χ1v) is 6.57. The van der Waals surface area contributed by atoms with E-state index >= 15 is 0 Å². The first-order chi connectivity index (χ1) is 7.59. The van der Waals surface area contributed by atoms with E-state index in [0.717, 1.165) is 29.5 Å².